The van der Waals surface area contributed by atoms with Gasteiger partial charge in [0.1, 0.15) is 95.4 Å². The van der Waals surface area contributed by atoms with E-state index in [9.17, 15) is 71.2 Å². The van der Waals surface area contributed by atoms with Crippen LogP contribution in [0.1, 0.15) is 0 Å². The maximum atomic E-state index is 14.0. The van der Waals surface area contributed by atoms with Crippen LogP contribution < -0.4 is 10.2 Å². The number of benzene rings is 2. The minimum Gasteiger partial charge on any atom is -0.508 e. The Morgan fingerprint density at radius 2 is 1.07 bits per heavy atom. The molecule has 0 spiro atoms. The molecule has 15 atom stereocenters. The van der Waals surface area contributed by atoms with Gasteiger partial charge in [-0.3, -0.25) is 4.79 Å². The van der Waals surface area contributed by atoms with Gasteiger partial charge in [-0.1, -0.05) is 0 Å². The minimum atomic E-state index is -2.08. The first-order valence-electron chi connectivity index (χ1n) is 16.5. The van der Waals surface area contributed by atoms with Crippen LogP contribution in [0.5, 0.6) is 23.0 Å². The van der Waals surface area contributed by atoms with E-state index in [1.54, 1.807) is 0 Å². The Morgan fingerprint density at radius 3 is 1.65 bits per heavy atom. The summed E-state index contributed by atoms with van der Waals surface area (Å²) in [7, 11) is 0. The van der Waals surface area contributed by atoms with Crippen LogP contribution in [0.15, 0.2) is 45.6 Å². The number of ether oxygens (including phenoxy) is 6. The molecule has 3 fully saturated rings. The van der Waals surface area contributed by atoms with Gasteiger partial charge in [0.15, 0.2) is 24.4 Å². The smallest absolute Gasteiger partial charge is 0.239 e. The molecule has 0 unspecified atom stereocenters. The van der Waals surface area contributed by atoms with Crippen molar-refractivity contribution in [3.8, 4) is 34.3 Å². The molecule has 21 heteroatoms. The molecule has 4 heterocycles. The number of hydrogen-bond acceptors (Lipinski definition) is 21. The maximum Gasteiger partial charge on any atom is 0.239 e. The lowest BCUT2D eigenvalue weighted by atomic mass is 9.96. The lowest BCUT2D eigenvalue weighted by Gasteiger charge is -2.48. The van der Waals surface area contributed by atoms with Crippen molar-refractivity contribution >= 4 is 11.0 Å². The molecular formula is C33H40O21. The summed E-state index contributed by atoms with van der Waals surface area (Å²) in [5.74, 6) is -2.45. The molecular weight excluding hydrogens is 732 g/mol. The summed E-state index contributed by atoms with van der Waals surface area (Å²) in [6.07, 6.45) is -28.3. The van der Waals surface area contributed by atoms with Gasteiger partial charge in [-0.15, -0.1) is 0 Å². The van der Waals surface area contributed by atoms with E-state index in [0.717, 1.165) is 12.1 Å². The summed E-state index contributed by atoms with van der Waals surface area (Å²) < 4.78 is 40.2. The lowest BCUT2D eigenvalue weighted by Crippen LogP contribution is -2.67. The van der Waals surface area contributed by atoms with E-state index < -0.39 is 140 Å². The lowest BCUT2D eigenvalue weighted by molar-refractivity contribution is -0.389. The molecule has 3 aliphatic rings. The van der Waals surface area contributed by atoms with E-state index in [1.807, 2.05) is 0 Å². The first-order valence-corrected chi connectivity index (χ1v) is 16.5. The van der Waals surface area contributed by atoms with Crippen molar-refractivity contribution in [2.24, 2.45) is 0 Å². The third-order valence-corrected chi connectivity index (χ3v) is 9.36. The molecule has 13 N–H and O–H groups in total. The molecule has 54 heavy (non-hydrogen) atoms. The number of rotatable bonds is 10. The molecule has 0 bridgehead atoms. The van der Waals surface area contributed by atoms with E-state index in [2.05, 4.69) is 0 Å². The Hall–Kier alpha value is -3.75. The number of fused-ring (bicyclic) bond motifs is 1. The van der Waals surface area contributed by atoms with Crippen molar-refractivity contribution in [2.45, 2.75) is 92.1 Å². The van der Waals surface area contributed by atoms with Gasteiger partial charge in [0.05, 0.1) is 19.8 Å². The van der Waals surface area contributed by atoms with Crippen molar-refractivity contribution in [3.63, 3.8) is 0 Å². The number of phenolic OH excluding ortho intramolecular Hbond substituents is 3. The molecule has 3 aliphatic heterocycles. The van der Waals surface area contributed by atoms with Crippen LogP contribution in [0.3, 0.4) is 0 Å². The second kappa shape index (κ2) is 16.2. The summed E-state index contributed by atoms with van der Waals surface area (Å²) in [5.41, 5.74) is -1.26. The second-order valence-corrected chi connectivity index (χ2v) is 12.9. The largest absolute Gasteiger partial charge is 0.508 e. The monoisotopic (exact) mass is 772 g/mol. The van der Waals surface area contributed by atoms with Gasteiger partial charge in [-0.2, -0.15) is 0 Å². The van der Waals surface area contributed by atoms with Gasteiger partial charge >= 0.3 is 0 Å². The van der Waals surface area contributed by atoms with Gasteiger partial charge in [0.2, 0.25) is 17.5 Å². The van der Waals surface area contributed by atoms with Crippen LogP contribution >= 0.6 is 0 Å². The zero-order valence-corrected chi connectivity index (χ0v) is 27.8. The number of hydrogen-bond donors (Lipinski definition) is 13. The summed E-state index contributed by atoms with van der Waals surface area (Å²) in [6.45, 7) is -2.69. The standard InChI is InChI=1S/C33H40O21/c34-7-15-19(40)23(44)26(47)31(49-15)53-29-24(45)20(41)17(9-36)51-33(29)54-30-25(46)21(42)16(8-35)50-32(30)52-28-22(43)18-13(39)5-12(38)6-14(18)48-27(28)10-1-3-11(37)4-2-10/h1-6,15-17,19-21,23-26,29-42,44-47H,7-9H2/t15-,16-,17-,19-,20-,21-,23-,24-,25+,26-,29-,30+,31+,32+,33+/m1/s1. The van der Waals surface area contributed by atoms with Gasteiger partial charge in [-0.25, -0.2) is 0 Å². The Kier molecular flexibility index (Phi) is 11.9. The van der Waals surface area contributed by atoms with E-state index in [-0.39, 0.29) is 22.7 Å². The SMILES string of the molecule is O=c1c(O[C@@H]2O[C@H](CO)[C@@H](O)[C@H](O)[C@@H]2O[C@@H]2O[C@H](CO)[C@@H](O)[C@@H](O)[C@H]2O[C@@H]2O[C@H](CO)[C@@H](O)[C@@H](O)[C@H]2O)c(-c2ccc(O)cc2)oc2cc(O)cc(O)c12. The molecule has 6 rings (SSSR count). The van der Waals surface area contributed by atoms with Crippen molar-refractivity contribution in [1.82, 2.24) is 0 Å². The highest BCUT2D eigenvalue weighted by molar-refractivity contribution is 5.88. The molecule has 3 aromatic rings. The second-order valence-electron chi connectivity index (χ2n) is 12.9. The van der Waals surface area contributed by atoms with E-state index in [1.165, 1.54) is 24.3 Å². The van der Waals surface area contributed by atoms with E-state index in [0.29, 0.717) is 0 Å². The predicted octanol–water partition coefficient (Wildman–Crippen LogP) is -4.60. The average molecular weight is 773 g/mol. The molecule has 0 aliphatic carbocycles. The molecule has 0 radical (unpaired) electrons. The molecule has 298 valence electrons. The van der Waals surface area contributed by atoms with E-state index >= 15 is 0 Å². The fourth-order valence-corrected chi connectivity index (χ4v) is 6.39. The molecule has 21 nitrogen and oxygen atoms in total. The molecule has 0 amide bonds. The highest BCUT2D eigenvalue weighted by Gasteiger charge is 2.54. The average Bonchev–Trinajstić information content (AvgIpc) is 3.14. The maximum absolute atomic E-state index is 14.0. The van der Waals surface area contributed by atoms with Gasteiger partial charge in [-0.05, 0) is 24.3 Å². The Labute approximate surface area is 303 Å². The van der Waals surface area contributed by atoms with Gasteiger partial charge < -0.3 is 99.2 Å². The van der Waals surface area contributed by atoms with E-state index in [4.69, 9.17) is 32.8 Å². The predicted molar refractivity (Wildman–Crippen MR) is 173 cm³/mol. The van der Waals surface area contributed by atoms with Gasteiger partial charge in [0.25, 0.3) is 0 Å². The Bertz CT molecular complexity index is 1800. The Morgan fingerprint density at radius 1 is 0.574 bits per heavy atom. The van der Waals surface area contributed by atoms with Crippen molar-refractivity contribution in [2.75, 3.05) is 19.8 Å². The zero-order valence-electron chi connectivity index (χ0n) is 27.8. The van der Waals surface area contributed by atoms with Crippen molar-refractivity contribution in [3.05, 3.63) is 46.6 Å². The van der Waals surface area contributed by atoms with Crippen molar-refractivity contribution in [1.29, 1.82) is 0 Å². The number of aliphatic hydroxyl groups excluding tert-OH is 10. The Balaban J connectivity index is 1.40. The summed E-state index contributed by atoms with van der Waals surface area (Å²) >= 11 is 0. The molecule has 1 aromatic heterocycles. The third kappa shape index (κ3) is 7.45. The normalized spacial score (nSPS) is 37.3. The topological polar surface area (TPSA) is 349 Å². The minimum absolute atomic E-state index is 0.101. The highest BCUT2D eigenvalue weighted by Crippen LogP contribution is 2.39. The van der Waals surface area contributed by atoms with Crippen LogP contribution in [-0.2, 0) is 23.7 Å². The first-order chi connectivity index (χ1) is 25.7. The van der Waals surface area contributed by atoms with Crippen LogP contribution in [0.25, 0.3) is 22.3 Å². The molecule has 2 aromatic carbocycles. The third-order valence-electron chi connectivity index (χ3n) is 9.36. The summed E-state index contributed by atoms with van der Waals surface area (Å²) in [4.78, 5) is 14.0. The molecule has 0 saturated carbocycles. The zero-order chi connectivity index (χ0) is 39.2. The number of phenols is 3. The van der Waals surface area contributed by atoms with Gasteiger partial charge in [0, 0.05) is 17.7 Å². The van der Waals surface area contributed by atoms with Crippen LogP contribution in [0, 0.1) is 0 Å². The summed E-state index contributed by atoms with van der Waals surface area (Å²) in [5, 5.41) is 135. The quantitative estimate of drug-likeness (QED) is 0.0922. The fraction of sp³-hybridized carbons (Fsp3) is 0.545. The molecule has 3 saturated heterocycles. The first kappa shape index (κ1) is 39.9. The van der Waals surface area contributed by atoms with Crippen LogP contribution in [0.4, 0.5) is 0 Å². The number of aliphatic hydroxyl groups is 10. The number of aromatic hydroxyl groups is 3. The summed E-state index contributed by atoms with van der Waals surface area (Å²) in [6, 6.07) is 6.99. The van der Waals surface area contributed by atoms with Crippen LogP contribution in [0.2, 0.25) is 0 Å². The fourth-order valence-electron chi connectivity index (χ4n) is 6.39. The van der Waals surface area contributed by atoms with Crippen molar-refractivity contribution < 1.29 is 99.2 Å². The van der Waals surface area contributed by atoms with Crippen LogP contribution in [-0.4, -0.2) is 178 Å². The highest BCUT2D eigenvalue weighted by atomic mass is 16.8.